The summed E-state index contributed by atoms with van der Waals surface area (Å²) in [5.41, 5.74) is 2.10. The van der Waals surface area contributed by atoms with Gasteiger partial charge in [-0.15, -0.1) is 0 Å². The van der Waals surface area contributed by atoms with Gasteiger partial charge in [-0.2, -0.15) is 0 Å². The first-order valence-corrected chi connectivity index (χ1v) is 6.92. The number of carbonyl (C=O) groups is 1. The van der Waals surface area contributed by atoms with Gasteiger partial charge in [0, 0.05) is 10.6 Å². The molecule has 0 heterocycles. The van der Waals surface area contributed by atoms with E-state index in [1.807, 2.05) is 51.1 Å². The highest BCUT2D eigenvalue weighted by molar-refractivity contribution is 6.31. The molecule has 2 rings (SSSR count). The summed E-state index contributed by atoms with van der Waals surface area (Å²) in [6.45, 7) is 5.79. The SMILES string of the molecule is Cc1cc(Cl)cc(C(=O)c2ccccc2OC(C)C)c1. The van der Waals surface area contributed by atoms with Crippen molar-refractivity contribution in [3.05, 3.63) is 64.2 Å². The zero-order chi connectivity index (χ0) is 14.7. The Morgan fingerprint density at radius 3 is 2.50 bits per heavy atom. The predicted octanol–water partition coefficient (Wildman–Crippen LogP) is 4.67. The van der Waals surface area contributed by atoms with Crippen LogP contribution in [-0.2, 0) is 0 Å². The summed E-state index contributed by atoms with van der Waals surface area (Å²) in [7, 11) is 0. The van der Waals surface area contributed by atoms with Crippen molar-refractivity contribution in [2.24, 2.45) is 0 Å². The maximum atomic E-state index is 12.6. The molecule has 2 aromatic rings. The predicted molar refractivity (Wildman–Crippen MR) is 81.8 cm³/mol. The largest absolute Gasteiger partial charge is 0.490 e. The number of rotatable bonds is 4. The molecule has 0 amide bonds. The van der Waals surface area contributed by atoms with Gasteiger partial charge >= 0.3 is 0 Å². The second-order valence-corrected chi connectivity index (χ2v) is 5.45. The van der Waals surface area contributed by atoms with Gasteiger partial charge in [0.1, 0.15) is 5.75 Å². The van der Waals surface area contributed by atoms with E-state index in [1.54, 1.807) is 12.1 Å². The first kappa shape index (κ1) is 14.6. The Balaban J connectivity index is 2.42. The molecule has 0 N–H and O–H groups in total. The average molecular weight is 289 g/mol. The van der Waals surface area contributed by atoms with Gasteiger partial charge in [-0.05, 0) is 56.7 Å². The zero-order valence-electron chi connectivity index (χ0n) is 11.8. The quantitative estimate of drug-likeness (QED) is 0.765. The van der Waals surface area contributed by atoms with Crippen LogP contribution in [0.2, 0.25) is 5.02 Å². The van der Waals surface area contributed by atoms with Crippen LogP contribution in [0.4, 0.5) is 0 Å². The molecule has 2 nitrogen and oxygen atoms in total. The van der Waals surface area contributed by atoms with Crippen LogP contribution in [0.25, 0.3) is 0 Å². The first-order chi connectivity index (χ1) is 9.47. The summed E-state index contributed by atoms with van der Waals surface area (Å²) in [4.78, 5) is 12.6. The van der Waals surface area contributed by atoms with E-state index in [4.69, 9.17) is 16.3 Å². The molecule has 2 aromatic carbocycles. The lowest BCUT2D eigenvalue weighted by atomic mass is 10.0. The molecule has 0 aromatic heterocycles. The molecule has 3 heteroatoms. The van der Waals surface area contributed by atoms with Crippen molar-refractivity contribution < 1.29 is 9.53 Å². The van der Waals surface area contributed by atoms with Crippen LogP contribution in [0.5, 0.6) is 5.75 Å². The van der Waals surface area contributed by atoms with Crippen LogP contribution in [-0.4, -0.2) is 11.9 Å². The van der Waals surface area contributed by atoms with Gasteiger partial charge in [-0.3, -0.25) is 4.79 Å². The summed E-state index contributed by atoms with van der Waals surface area (Å²) >= 11 is 6.02. The minimum absolute atomic E-state index is 0.0186. The lowest BCUT2D eigenvalue weighted by Crippen LogP contribution is -2.10. The molecule has 0 fully saturated rings. The van der Waals surface area contributed by atoms with E-state index in [-0.39, 0.29) is 11.9 Å². The molecule has 0 saturated carbocycles. The van der Waals surface area contributed by atoms with E-state index in [0.29, 0.717) is 21.9 Å². The van der Waals surface area contributed by atoms with Crippen molar-refractivity contribution in [2.75, 3.05) is 0 Å². The van der Waals surface area contributed by atoms with Gasteiger partial charge in [0.05, 0.1) is 11.7 Å². The van der Waals surface area contributed by atoms with E-state index in [9.17, 15) is 4.79 Å². The number of ketones is 1. The second-order valence-electron chi connectivity index (χ2n) is 5.01. The molecule has 0 radical (unpaired) electrons. The first-order valence-electron chi connectivity index (χ1n) is 6.55. The van der Waals surface area contributed by atoms with Crippen LogP contribution >= 0.6 is 11.6 Å². The van der Waals surface area contributed by atoms with Gasteiger partial charge in [0.2, 0.25) is 0 Å². The number of hydrogen-bond donors (Lipinski definition) is 0. The third-order valence-electron chi connectivity index (χ3n) is 2.80. The van der Waals surface area contributed by atoms with Crippen LogP contribution < -0.4 is 4.74 Å². The molecule has 104 valence electrons. The molecule has 0 aliphatic rings. The summed E-state index contributed by atoms with van der Waals surface area (Å²) in [5.74, 6) is 0.525. The summed E-state index contributed by atoms with van der Waals surface area (Å²) in [6.07, 6.45) is 0.0186. The number of benzene rings is 2. The number of aryl methyl sites for hydroxylation is 1. The van der Waals surface area contributed by atoms with Crippen molar-refractivity contribution in [1.82, 2.24) is 0 Å². The molecule has 0 saturated heterocycles. The Morgan fingerprint density at radius 2 is 1.85 bits per heavy atom. The maximum Gasteiger partial charge on any atom is 0.196 e. The Labute approximate surface area is 124 Å². The maximum absolute atomic E-state index is 12.6. The normalized spacial score (nSPS) is 10.7. The topological polar surface area (TPSA) is 26.3 Å². The fourth-order valence-corrected chi connectivity index (χ4v) is 2.32. The van der Waals surface area contributed by atoms with Gasteiger partial charge in [0.25, 0.3) is 0 Å². The molecular formula is C17H17ClO2. The summed E-state index contributed by atoms with van der Waals surface area (Å²) in [5, 5.41) is 0.565. The highest BCUT2D eigenvalue weighted by Gasteiger charge is 2.15. The monoisotopic (exact) mass is 288 g/mol. The lowest BCUT2D eigenvalue weighted by molar-refractivity contribution is 0.103. The van der Waals surface area contributed by atoms with Gasteiger partial charge in [-0.25, -0.2) is 0 Å². The minimum Gasteiger partial charge on any atom is -0.490 e. The zero-order valence-corrected chi connectivity index (χ0v) is 12.6. The number of ether oxygens (including phenoxy) is 1. The van der Waals surface area contributed by atoms with Crippen molar-refractivity contribution >= 4 is 17.4 Å². The highest BCUT2D eigenvalue weighted by Crippen LogP contribution is 2.24. The summed E-state index contributed by atoms with van der Waals surface area (Å²) in [6, 6.07) is 12.6. The third-order valence-corrected chi connectivity index (χ3v) is 3.02. The van der Waals surface area contributed by atoms with Crippen molar-refractivity contribution in [2.45, 2.75) is 26.9 Å². The van der Waals surface area contributed by atoms with Crippen LogP contribution in [0, 0.1) is 6.92 Å². The second kappa shape index (κ2) is 6.10. The molecule has 0 unspecified atom stereocenters. The highest BCUT2D eigenvalue weighted by atomic mass is 35.5. The summed E-state index contributed by atoms with van der Waals surface area (Å²) < 4.78 is 5.69. The standard InChI is InChI=1S/C17H17ClO2/c1-11(2)20-16-7-5-4-6-15(16)17(19)13-8-12(3)9-14(18)10-13/h4-11H,1-3H3. The average Bonchev–Trinajstić information content (AvgIpc) is 2.36. The Kier molecular flexibility index (Phi) is 4.46. The van der Waals surface area contributed by atoms with Crippen molar-refractivity contribution in [3.8, 4) is 5.75 Å². The fourth-order valence-electron chi connectivity index (χ4n) is 2.03. The number of para-hydroxylation sites is 1. The molecule has 0 aliphatic heterocycles. The lowest BCUT2D eigenvalue weighted by Gasteiger charge is -2.13. The van der Waals surface area contributed by atoms with E-state index >= 15 is 0 Å². The van der Waals surface area contributed by atoms with Crippen LogP contribution in [0.3, 0.4) is 0 Å². The van der Waals surface area contributed by atoms with Crippen LogP contribution in [0.1, 0.15) is 35.3 Å². The molecule has 20 heavy (non-hydrogen) atoms. The molecule has 0 aliphatic carbocycles. The number of carbonyl (C=O) groups excluding carboxylic acids is 1. The minimum atomic E-state index is -0.0770. The van der Waals surface area contributed by atoms with Gasteiger partial charge in [0.15, 0.2) is 5.78 Å². The van der Waals surface area contributed by atoms with Crippen molar-refractivity contribution in [1.29, 1.82) is 0 Å². The number of halogens is 1. The Morgan fingerprint density at radius 1 is 1.15 bits per heavy atom. The van der Waals surface area contributed by atoms with E-state index in [0.717, 1.165) is 5.56 Å². The Hall–Kier alpha value is -1.80. The number of hydrogen-bond acceptors (Lipinski definition) is 2. The van der Waals surface area contributed by atoms with Gasteiger partial charge < -0.3 is 4.74 Å². The van der Waals surface area contributed by atoms with Crippen molar-refractivity contribution in [3.63, 3.8) is 0 Å². The molecule has 0 spiro atoms. The van der Waals surface area contributed by atoms with E-state index in [2.05, 4.69) is 0 Å². The van der Waals surface area contributed by atoms with Gasteiger partial charge in [-0.1, -0.05) is 23.7 Å². The van der Waals surface area contributed by atoms with E-state index in [1.165, 1.54) is 0 Å². The molecule has 0 atom stereocenters. The third kappa shape index (κ3) is 3.40. The molecular weight excluding hydrogens is 272 g/mol. The van der Waals surface area contributed by atoms with Crippen LogP contribution in [0.15, 0.2) is 42.5 Å². The fraction of sp³-hybridized carbons (Fsp3) is 0.235. The molecule has 0 bridgehead atoms. The Bertz CT molecular complexity index is 612. The van der Waals surface area contributed by atoms with E-state index < -0.39 is 0 Å². The smallest absolute Gasteiger partial charge is 0.196 e.